The number of carbonyl (C=O) groups is 2. The molecule has 1 heterocycles. The normalized spacial score (nSPS) is 18.2. The van der Waals surface area contributed by atoms with Gasteiger partial charge in [-0.15, -0.1) is 0 Å². The number of nitrogens with one attached hydrogen (secondary N) is 1. The third-order valence-electron chi connectivity index (χ3n) is 5.49. The van der Waals surface area contributed by atoms with Gasteiger partial charge in [-0.05, 0) is 55.7 Å². The van der Waals surface area contributed by atoms with E-state index in [9.17, 15) is 9.59 Å². The highest BCUT2D eigenvalue weighted by Gasteiger charge is 2.38. The zero-order valence-electron chi connectivity index (χ0n) is 17.4. The number of amides is 2. The van der Waals surface area contributed by atoms with Crippen molar-refractivity contribution in [1.82, 2.24) is 4.90 Å². The van der Waals surface area contributed by atoms with Crippen LogP contribution in [0.1, 0.15) is 42.1 Å². The van der Waals surface area contributed by atoms with Crippen molar-refractivity contribution in [2.24, 2.45) is 0 Å². The van der Waals surface area contributed by atoms with Crippen molar-refractivity contribution in [3.8, 4) is 17.2 Å². The molecule has 1 aliphatic heterocycles. The molecule has 1 fully saturated rings. The SMILES string of the molecule is CCC1Oc2ccc(NC(=O)c3ccc(OC)c(OC)c3)cc2CN(C2CC2)C1=O. The van der Waals surface area contributed by atoms with E-state index in [0.29, 0.717) is 47.5 Å². The fourth-order valence-corrected chi connectivity index (χ4v) is 3.68. The maximum Gasteiger partial charge on any atom is 0.264 e. The molecule has 0 bridgehead atoms. The van der Waals surface area contributed by atoms with E-state index in [1.54, 1.807) is 31.4 Å². The van der Waals surface area contributed by atoms with Gasteiger partial charge in [0.05, 0.1) is 14.2 Å². The minimum Gasteiger partial charge on any atom is -0.493 e. The number of hydrogen-bond donors (Lipinski definition) is 1. The minimum atomic E-state index is -0.459. The Morgan fingerprint density at radius 1 is 1.13 bits per heavy atom. The first kappa shape index (κ1) is 20.1. The molecule has 0 saturated heterocycles. The predicted octanol–water partition coefficient (Wildman–Crippen LogP) is 3.62. The van der Waals surface area contributed by atoms with E-state index in [-0.39, 0.29) is 11.8 Å². The molecule has 0 radical (unpaired) electrons. The molecule has 0 aromatic heterocycles. The van der Waals surface area contributed by atoms with Crippen molar-refractivity contribution in [2.75, 3.05) is 19.5 Å². The highest BCUT2D eigenvalue weighted by Crippen LogP contribution is 2.35. The molecule has 158 valence electrons. The molecule has 30 heavy (non-hydrogen) atoms. The van der Waals surface area contributed by atoms with Crippen LogP contribution in [-0.4, -0.2) is 43.1 Å². The second-order valence-electron chi connectivity index (χ2n) is 7.56. The van der Waals surface area contributed by atoms with Crippen molar-refractivity contribution >= 4 is 17.5 Å². The van der Waals surface area contributed by atoms with Crippen LogP contribution >= 0.6 is 0 Å². The van der Waals surface area contributed by atoms with Gasteiger partial charge in [0, 0.05) is 29.4 Å². The van der Waals surface area contributed by atoms with E-state index in [1.165, 1.54) is 7.11 Å². The standard InChI is InChI=1S/C23H26N2O5/c1-4-18-23(27)25(17-7-8-17)13-15-11-16(6-10-19(15)30-18)24-22(26)14-5-9-20(28-2)21(12-14)29-3/h5-6,9-12,17-18H,4,7-8,13H2,1-3H3,(H,24,26). The van der Waals surface area contributed by atoms with E-state index in [0.717, 1.165) is 18.4 Å². The number of anilines is 1. The summed E-state index contributed by atoms with van der Waals surface area (Å²) in [4.78, 5) is 27.5. The molecule has 1 unspecified atom stereocenters. The molecule has 1 atom stereocenters. The summed E-state index contributed by atoms with van der Waals surface area (Å²) in [5.41, 5.74) is 2.01. The Labute approximate surface area is 175 Å². The Morgan fingerprint density at radius 3 is 2.57 bits per heavy atom. The van der Waals surface area contributed by atoms with E-state index in [2.05, 4.69) is 5.32 Å². The molecule has 1 N–H and O–H groups in total. The highest BCUT2D eigenvalue weighted by molar-refractivity contribution is 6.04. The first-order valence-corrected chi connectivity index (χ1v) is 10.2. The molecule has 0 spiro atoms. The average Bonchev–Trinajstić information content (AvgIpc) is 3.61. The van der Waals surface area contributed by atoms with Gasteiger partial charge in [0.2, 0.25) is 0 Å². The van der Waals surface area contributed by atoms with Gasteiger partial charge in [-0.3, -0.25) is 9.59 Å². The summed E-state index contributed by atoms with van der Waals surface area (Å²) in [6.45, 7) is 2.45. The zero-order chi connectivity index (χ0) is 21.3. The lowest BCUT2D eigenvalue weighted by atomic mass is 10.1. The van der Waals surface area contributed by atoms with Crippen LogP contribution in [0.5, 0.6) is 17.2 Å². The molecule has 4 rings (SSSR count). The fourth-order valence-electron chi connectivity index (χ4n) is 3.68. The van der Waals surface area contributed by atoms with E-state index >= 15 is 0 Å². The lowest BCUT2D eigenvalue weighted by Gasteiger charge is -2.22. The van der Waals surface area contributed by atoms with Gasteiger partial charge in [0.25, 0.3) is 11.8 Å². The number of methoxy groups -OCH3 is 2. The second-order valence-corrected chi connectivity index (χ2v) is 7.56. The van der Waals surface area contributed by atoms with Crippen molar-refractivity contribution in [3.05, 3.63) is 47.5 Å². The molecule has 7 heteroatoms. The minimum absolute atomic E-state index is 0.0483. The molecule has 2 amide bonds. The number of hydrogen-bond acceptors (Lipinski definition) is 5. The van der Waals surface area contributed by atoms with Gasteiger partial charge in [-0.1, -0.05) is 6.92 Å². The lowest BCUT2D eigenvalue weighted by molar-refractivity contribution is -0.139. The Hall–Kier alpha value is -3.22. The number of fused-ring (bicyclic) bond motifs is 1. The molecule has 2 aromatic rings. The summed E-state index contributed by atoms with van der Waals surface area (Å²) in [7, 11) is 3.08. The Balaban J connectivity index is 1.56. The molecule has 1 saturated carbocycles. The number of carbonyl (C=O) groups excluding carboxylic acids is 2. The van der Waals surface area contributed by atoms with Gasteiger partial charge in [-0.2, -0.15) is 0 Å². The Bertz CT molecular complexity index is 970. The lowest BCUT2D eigenvalue weighted by Crippen LogP contribution is -2.40. The summed E-state index contributed by atoms with van der Waals surface area (Å²) < 4.78 is 16.5. The zero-order valence-corrected chi connectivity index (χ0v) is 17.4. The smallest absolute Gasteiger partial charge is 0.264 e. The summed E-state index contributed by atoms with van der Waals surface area (Å²) in [5, 5.41) is 2.92. The van der Waals surface area contributed by atoms with Crippen molar-refractivity contribution in [3.63, 3.8) is 0 Å². The van der Waals surface area contributed by atoms with E-state index in [1.807, 2.05) is 24.0 Å². The predicted molar refractivity (Wildman–Crippen MR) is 112 cm³/mol. The number of nitrogens with zero attached hydrogens (tertiary/aromatic N) is 1. The third kappa shape index (κ3) is 3.92. The van der Waals surface area contributed by atoms with Crippen LogP contribution in [0.2, 0.25) is 0 Å². The van der Waals surface area contributed by atoms with Crippen LogP contribution in [-0.2, 0) is 11.3 Å². The van der Waals surface area contributed by atoms with E-state index < -0.39 is 6.10 Å². The van der Waals surface area contributed by atoms with Crippen molar-refractivity contribution in [1.29, 1.82) is 0 Å². The van der Waals surface area contributed by atoms with Gasteiger partial charge in [0.1, 0.15) is 5.75 Å². The number of rotatable bonds is 6. The molecule has 2 aliphatic rings. The Kier molecular flexibility index (Phi) is 5.53. The number of ether oxygens (including phenoxy) is 3. The molecule has 1 aliphatic carbocycles. The molecular formula is C23H26N2O5. The maximum atomic E-state index is 12.8. The first-order chi connectivity index (χ1) is 14.5. The third-order valence-corrected chi connectivity index (χ3v) is 5.49. The van der Waals surface area contributed by atoms with Crippen LogP contribution in [0.4, 0.5) is 5.69 Å². The van der Waals surface area contributed by atoms with Crippen molar-refractivity contribution in [2.45, 2.75) is 44.9 Å². The molecule has 7 nitrogen and oxygen atoms in total. The van der Waals surface area contributed by atoms with E-state index in [4.69, 9.17) is 14.2 Å². The van der Waals surface area contributed by atoms with Crippen LogP contribution in [0.15, 0.2) is 36.4 Å². The van der Waals surface area contributed by atoms with Gasteiger partial charge in [-0.25, -0.2) is 0 Å². The quantitative estimate of drug-likeness (QED) is 0.787. The highest BCUT2D eigenvalue weighted by atomic mass is 16.5. The van der Waals surface area contributed by atoms with Crippen LogP contribution in [0.25, 0.3) is 0 Å². The largest absolute Gasteiger partial charge is 0.493 e. The van der Waals surface area contributed by atoms with Crippen molar-refractivity contribution < 1.29 is 23.8 Å². The maximum absolute atomic E-state index is 12.8. The van der Waals surface area contributed by atoms with Crippen LogP contribution < -0.4 is 19.5 Å². The van der Waals surface area contributed by atoms with Crippen LogP contribution in [0, 0.1) is 0 Å². The summed E-state index contributed by atoms with van der Waals surface area (Å²) >= 11 is 0. The summed E-state index contributed by atoms with van der Waals surface area (Å²) in [6.07, 6.45) is 2.23. The summed E-state index contributed by atoms with van der Waals surface area (Å²) in [6, 6.07) is 10.8. The molecular weight excluding hydrogens is 384 g/mol. The van der Waals surface area contributed by atoms with Crippen LogP contribution in [0.3, 0.4) is 0 Å². The molecule has 2 aromatic carbocycles. The summed E-state index contributed by atoms with van der Waals surface area (Å²) in [5.74, 6) is 1.54. The topological polar surface area (TPSA) is 77.1 Å². The average molecular weight is 410 g/mol. The Morgan fingerprint density at radius 2 is 1.90 bits per heavy atom. The van der Waals surface area contributed by atoms with Gasteiger partial charge < -0.3 is 24.4 Å². The monoisotopic (exact) mass is 410 g/mol. The van der Waals surface area contributed by atoms with Gasteiger partial charge >= 0.3 is 0 Å². The first-order valence-electron chi connectivity index (χ1n) is 10.2. The van der Waals surface area contributed by atoms with Gasteiger partial charge in [0.15, 0.2) is 17.6 Å². The second kappa shape index (κ2) is 8.26. The fraction of sp³-hybridized carbons (Fsp3) is 0.391. The number of benzene rings is 2.